The van der Waals surface area contributed by atoms with Crippen LogP contribution in [0.2, 0.25) is 0 Å². The highest BCUT2D eigenvalue weighted by molar-refractivity contribution is 5.59. The maximum atomic E-state index is 14.2. The van der Waals surface area contributed by atoms with Crippen molar-refractivity contribution in [3.8, 4) is 5.88 Å². The highest BCUT2D eigenvalue weighted by atomic mass is 19.1. The van der Waals surface area contributed by atoms with Crippen molar-refractivity contribution in [2.75, 3.05) is 29.9 Å². The summed E-state index contributed by atoms with van der Waals surface area (Å²) in [6.45, 7) is 8.13. The summed E-state index contributed by atoms with van der Waals surface area (Å²) in [4.78, 5) is 10.6. The monoisotopic (exact) mass is 444 g/mol. The highest BCUT2D eigenvalue weighted by Gasteiger charge is 2.29. The van der Waals surface area contributed by atoms with Crippen molar-refractivity contribution in [1.29, 1.82) is 0 Å². The number of aromatic nitrogens is 2. The number of hydrogen-bond donors (Lipinski definition) is 2. The van der Waals surface area contributed by atoms with E-state index < -0.39 is 11.4 Å². The van der Waals surface area contributed by atoms with Crippen LogP contribution in [0, 0.1) is 11.7 Å². The summed E-state index contributed by atoms with van der Waals surface area (Å²) < 4.78 is 25.7. The minimum absolute atomic E-state index is 0.0484. The number of aliphatic hydroxyl groups is 1. The Hall–Kier alpha value is -2.45. The van der Waals surface area contributed by atoms with Crippen molar-refractivity contribution >= 4 is 17.3 Å². The van der Waals surface area contributed by atoms with Crippen molar-refractivity contribution < 1.29 is 19.0 Å². The van der Waals surface area contributed by atoms with Crippen molar-refractivity contribution in [2.45, 2.75) is 64.3 Å². The molecule has 4 rings (SSSR count). The second-order valence-electron chi connectivity index (χ2n) is 9.43. The van der Waals surface area contributed by atoms with Crippen LogP contribution in [0.4, 0.5) is 21.7 Å². The molecule has 1 saturated carbocycles. The average molecular weight is 445 g/mol. The number of hydrogen-bond acceptors (Lipinski definition) is 7. The predicted molar refractivity (Wildman–Crippen MR) is 122 cm³/mol. The molecule has 7 nitrogen and oxygen atoms in total. The van der Waals surface area contributed by atoms with Gasteiger partial charge in [-0.2, -0.15) is 9.37 Å². The number of morpholine rings is 1. The summed E-state index contributed by atoms with van der Waals surface area (Å²) >= 11 is 0. The van der Waals surface area contributed by atoms with Gasteiger partial charge in [0.25, 0.3) is 5.88 Å². The second kappa shape index (κ2) is 9.58. The molecule has 2 aromatic rings. The van der Waals surface area contributed by atoms with Crippen LogP contribution in [0.15, 0.2) is 30.5 Å². The van der Waals surface area contributed by atoms with Gasteiger partial charge in [-0.3, -0.25) is 0 Å². The first-order valence-corrected chi connectivity index (χ1v) is 11.4. The first kappa shape index (κ1) is 22.7. The summed E-state index contributed by atoms with van der Waals surface area (Å²) in [5, 5.41) is 13.2. The SMILES string of the molecule is C[C@@H]1CN(c2ccc(Nc3ncc(F)c(OCC4CCC(C)(O)CC4)n3)cc2)C[C@H](C)O1. The number of anilines is 3. The summed E-state index contributed by atoms with van der Waals surface area (Å²) in [7, 11) is 0. The molecular weight excluding hydrogens is 411 g/mol. The molecule has 0 unspecified atom stereocenters. The lowest BCUT2D eigenvalue weighted by Crippen LogP contribution is -2.45. The van der Waals surface area contributed by atoms with E-state index in [2.05, 4.69) is 34.0 Å². The number of nitrogens with zero attached hydrogens (tertiary/aromatic N) is 3. The quantitative estimate of drug-likeness (QED) is 0.688. The fraction of sp³-hybridized carbons (Fsp3) is 0.583. The number of halogens is 1. The van der Waals surface area contributed by atoms with Crippen molar-refractivity contribution in [3.05, 3.63) is 36.3 Å². The smallest absolute Gasteiger partial charge is 0.255 e. The van der Waals surface area contributed by atoms with Crippen LogP contribution in [0.25, 0.3) is 0 Å². The van der Waals surface area contributed by atoms with E-state index >= 15 is 0 Å². The molecule has 2 N–H and O–H groups in total. The van der Waals surface area contributed by atoms with Crippen LogP contribution in [0.3, 0.4) is 0 Å². The van der Waals surface area contributed by atoms with E-state index in [9.17, 15) is 9.50 Å². The van der Waals surface area contributed by atoms with Gasteiger partial charge in [0.2, 0.25) is 11.8 Å². The average Bonchev–Trinajstić information content (AvgIpc) is 2.75. The van der Waals surface area contributed by atoms with E-state index in [0.717, 1.165) is 56.3 Å². The van der Waals surface area contributed by atoms with E-state index in [0.29, 0.717) is 12.5 Å². The highest BCUT2D eigenvalue weighted by Crippen LogP contribution is 2.32. The Balaban J connectivity index is 1.35. The van der Waals surface area contributed by atoms with Crippen LogP contribution in [-0.2, 0) is 4.74 Å². The molecule has 8 heteroatoms. The molecule has 1 saturated heterocycles. The van der Waals surface area contributed by atoms with Crippen LogP contribution in [-0.4, -0.2) is 52.6 Å². The van der Waals surface area contributed by atoms with Gasteiger partial charge in [0.05, 0.1) is 30.6 Å². The molecule has 1 aromatic carbocycles. The Morgan fingerprint density at radius 2 is 1.84 bits per heavy atom. The minimum Gasteiger partial charge on any atom is -0.475 e. The molecule has 2 fully saturated rings. The molecule has 0 bridgehead atoms. The lowest BCUT2D eigenvalue weighted by atomic mass is 9.80. The first-order valence-electron chi connectivity index (χ1n) is 11.4. The van der Waals surface area contributed by atoms with E-state index in [1.807, 2.05) is 31.2 Å². The summed E-state index contributed by atoms with van der Waals surface area (Å²) in [5.74, 6) is -0.0504. The van der Waals surface area contributed by atoms with Gasteiger partial charge in [0.1, 0.15) is 0 Å². The van der Waals surface area contributed by atoms with Crippen LogP contribution in [0.5, 0.6) is 5.88 Å². The zero-order chi connectivity index (χ0) is 22.7. The van der Waals surface area contributed by atoms with E-state index in [1.54, 1.807) is 0 Å². The molecule has 2 atom stereocenters. The van der Waals surface area contributed by atoms with Crippen molar-refractivity contribution in [3.63, 3.8) is 0 Å². The third-order valence-corrected chi connectivity index (χ3v) is 6.26. The zero-order valence-electron chi connectivity index (χ0n) is 19.1. The van der Waals surface area contributed by atoms with Gasteiger partial charge in [0, 0.05) is 24.5 Å². The Kier molecular flexibility index (Phi) is 6.81. The Morgan fingerprint density at radius 3 is 2.50 bits per heavy atom. The largest absolute Gasteiger partial charge is 0.475 e. The number of benzene rings is 1. The van der Waals surface area contributed by atoms with Crippen molar-refractivity contribution in [2.24, 2.45) is 5.92 Å². The maximum Gasteiger partial charge on any atom is 0.255 e. The molecular formula is C24H33FN4O3. The van der Waals surface area contributed by atoms with Crippen LogP contribution in [0.1, 0.15) is 46.5 Å². The summed E-state index contributed by atoms with van der Waals surface area (Å²) in [6, 6.07) is 8.01. The fourth-order valence-corrected chi connectivity index (χ4v) is 4.45. The summed E-state index contributed by atoms with van der Waals surface area (Å²) in [5.41, 5.74) is 1.35. The van der Waals surface area contributed by atoms with Crippen molar-refractivity contribution in [1.82, 2.24) is 9.97 Å². The lowest BCUT2D eigenvalue weighted by Gasteiger charge is -2.36. The Morgan fingerprint density at radius 1 is 1.19 bits per heavy atom. The number of rotatable bonds is 6. The zero-order valence-corrected chi connectivity index (χ0v) is 19.1. The van der Waals surface area contributed by atoms with Gasteiger partial charge in [-0.15, -0.1) is 0 Å². The van der Waals surface area contributed by atoms with Gasteiger partial charge < -0.3 is 24.8 Å². The van der Waals surface area contributed by atoms with Gasteiger partial charge >= 0.3 is 0 Å². The van der Waals surface area contributed by atoms with Crippen LogP contribution < -0.4 is 15.0 Å². The normalized spacial score (nSPS) is 28.4. The standard InChI is InChI=1S/C24H33FN4O3/c1-16-13-29(14-17(2)32-16)20-6-4-19(5-7-20)27-23-26-12-21(25)22(28-23)31-15-18-8-10-24(3,30)11-9-18/h4-7,12,16-18,30H,8-11,13-15H2,1-3H3,(H,26,27,28)/t16-,17+,18?,24?. The topological polar surface area (TPSA) is 79.7 Å². The number of nitrogens with one attached hydrogen (secondary N) is 1. The van der Waals surface area contributed by atoms with Gasteiger partial charge in [-0.1, -0.05) is 0 Å². The lowest BCUT2D eigenvalue weighted by molar-refractivity contribution is -0.00523. The first-order chi connectivity index (χ1) is 15.3. The third-order valence-electron chi connectivity index (χ3n) is 6.26. The second-order valence-corrected chi connectivity index (χ2v) is 9.43. The van der Waals surface area contributed by atoms with Gasteiger partial charge in [-0.05, 0) is 76.6 Å². The van der Waals surface area contributed by atoms with E-state index in [1.165, 1.54) is 0 Å². The fourth-order valence-electron chi connectivity index (χ4n) is 4.45. The molecule has 32 heavy (non-hydrogen) atoms. The minimum atomic E-state index is -0.596. The Bertz CT molecular complexity index is 889. The third kappa shape index (κ3) is 5.86. The predicted octanol–water partition coefficient (Wildman–Crippen LogP) is 4.29. The molecule has 174 valence electrons. The molecule has 0 spiro atoms. The Labute approximate surface area is 189 Å². The molecule has 2 heterocycles. The number of ether oxygens (including phenoxy) is 2. The van der Waals surface area contributed by atoms with Crippen LogP contribution >= 0.6 is 0 Å². The molecule has 1 aliphatic heterocycles. The molecule has 2 aliphatic rings. The van der Waals surface area contributed by atoms with Gasteiger partial charge in [-0.25, -0.2) is 4.98 Å². The van der Waals surface area contributed by atoms with Gasteiger partial charge in [0.15, 0.2) is 0 Å². The molecule has 1 aliphatic carbocycles. The maximum absolute atomic E-state index is 14.2. The molecule has 0 radical (unpaired) electrons. The van der Waals surface area contributed by atoms with E-state index in [4.69, 9.17) is 9.47 Å². The molecule has 0 amide bonds. The summed E-state index contributed by atoms with van der Waals surface area (Å²) in [6.07, 6.45) is 4.71. The van der Waals surface area contributed by atoms with E-state index in [-0.39, 0.29) is 24.0 Å². The molecule has 1 aromatic heterocycles.